The number of guanidine groups is 1. The maximum Gasteiger partial charge on any atom is 0.242 e. The van der Waals surface area contributed by atoms with Crippen molar-refractivity contribution in [2.45, 2.75) is 12.6 Å². The molecule has 0 saturated carbocycles. The predicted molar refractivity (Wildman–Crippen MR) is 97.4 cm³/mol. The third-order valence-corrected chi connectivity index (χ3v) is 5.58. The van der Waals surface area contributed by atoms with Crippen LogP contribution in [0, 0.1) is 5.82 Å². The summed E-state index contributed by atoms with van der Waals surface area (Å²) in [5, 5.41) is 13.4. The monoisotopic (exact) mass is 381 g/mol. The highest BCUT2D eigenvalue weighted by atomic mass is 32.2. The summed E-state index contributed by atoms with van der Waals surface area (Å²) < 4.78 is 37.9. The second-order valence-electron chi connectivity index (χ2n) is 5.83. The Labute approximate surface area is 151 Å². The summed E-state index contributed by atoms with van der Waals surface area (Å²) >= 11 is 0. The molecule has 140 valence electrons. The van der Waals surface area contributed by atoms with E-state index in [9.17, 15) is 17.9 Å². The van der Waals surface area contributed by atoms with E-state index in [4.69, 9.17) is 5.73 Å². The van der Waals surface area contributed by atoms with E-state index in [1.807, 2.05) is 0 Å². The summed E-state index contributed by atoms with van der Waals surface area (Å²) in [5.74, 6) is -1.44. The quantitative estimate of drug-likeness (QED) is 0.640. The van der Waals surface area contributed by atoms with Crippen molar-refractivity contribution >= 4 is 21.7 Å². The van der Waals surface area contributed by atoms with Gasteiger partial charge in [0.1, 0.15) is 11.6 Å². The smallest absolute Gasteiger partial charge is 0.242 e. The van der Waals surface area contributed by atoms with Gasteiger partial charge in [0.05, 0.1) is 17.6 Å². The Morgan fingerprint density at radius 1 is 1.50 bits per heavy atom. The third-order valence-electron chi connectivity index (χ3n) is 3.79. The maximum atomic E-state index is 12.9. The molecule has 2 rings (SSSR count). The molecule has 1 aliphatic heterocycles. The number of sulfonamides is 1. The second kappa shape index (κ2) is 6.89. The first kappa shape index (κ1) is 19.6. The number of rotatable bonds is 5. The van der Waals surface area contributed by atoms with Crippen LogP contribution in [0.3, 0.4) is 0 Å². The molecule has 1 atom stereocenters. The van der Waals surface area contributed by atoms with Gasteiger partial charge in [0.15, 0.2) is 5.72 Å². The normalized spacial score (nSPS) is 22.5. The highest BCUT2D eigenvalue weighted by Crippen LogP contribution is 2.26. The fourth-order valence-electron chi connectivity index (χ4n) is 2.21. The summed E-state index contributed by atoms with van der Waals surface area (Å²) in [5.41, 5.74) is 4.86. The Balaban J connectivity index is 2.19. The average Bonchev–Trinajstić information content (AvgIpc) is 2.52. The van der Waals surface area contributed by atoms with Gasteiger partial charge in [-0.3, -0.25) is 4.98 Å². The van der Waals surface area contributed by atoms with Crippen LogP contribution < -0.4 is 11.1 Å². The van der Waals surface area contributed by atoms with Crippen molar-refractivity contribution in [1.82, 2.24) is 14.6 Å². The van der Waals surface area contributed by atoms with E-state index in [1.165, 1.54) is 32.2 Å². The molecule has 0 radical (unpaired) electrons. The molecule has 1 aromatic rings. The first-order chi connectivity index (χ1) is 11.9. The minimum Gasteiger partial charge on any atom is -0.369 e. The van der Waals surface area contributed by atoms with Crippen molar-refractivity contribution in [3.05, 3.63) is 60.3 Å². The molecule has 1 aliphatic rings. The van der Waals surface area contributed by atoms with Gasteiger partial charge in [-0.25, -0.2) is 22.1 Å². The van der Waals surface area contributed by atoms with E-state index in [1.54, 1.807) is 0 Å². The lowest BCUT2D eigenvalue weighted by Crippen LogP contribution is -2.53. The van der Waals surface area contributed by atoms with Gasteiger partial charge in [-0.2, -0.15) is 0 Å². The lowest BCUT2D eigenvalue weighted by atomic mass is 10.1. The highest BCUT2D eigenvalue weighted by Gasteiger charge is 2.42. The molecule has 0 aromatic carbocycles. The molecule has 0 amide bonds. The van der Waals surface area contributed by atoms with Crippen LogP contribution >= 0.6 is 0 Å². The molecule has 0 aliphatic carbocycles. The lowest BCUT2D eigenvalue weighted by Gasteiger charge is -2.33. The van der Waals surface area contributed by atoms with Crippen LogP contribution in [-0.4, -0.2) is 47.3 Å². The molecule has 0 spiro atoms. The zero-order valence-corrected chi connectivity index (χ0v) is 15.2. The molecule has 0 bridgehead atoms. The van der Waals surface area contributed by atoms with Crippen molar-refractivity contribution < 1.29 is 17.9 Å². The molecule has 10 heteroatoms. The van der Waals surface area contributed by atoms with E-state index in [0.29, 0.717) is 17.1 Å². The summed E-state index contributed by atoms with van der Waals surface area (Å²) in [4.78, 5) is 7.75. The SMILES string of the molecule is C=C(/C=C(\C)[C@]1(O)CS(=O)(=O)N(C)C(N)=N1)NC(=C)c1ccc(F)cn1. The molecule has 4 N–H and O–H groups in total. The summed E-state index contributed by atoms with van der Waals surface area (Å²) in [6.45, 7) is 9.05. The maximum absolute atomic E-state index is 12.9. The van der Waals surface area contributed by atoms with Gasteiger partial charge in [-0.15, -0.1) is 0 Å². The Morgan fingerprint density at radius 2 is 2.15 bits per heavy atom. The fraction of sp³-hybridized carbons (Fsp3) is 0.250. The van der Waals surface area contributed by atoms with Crippen molar-refractivity contribution in [3.8, 4) is 0 Å². The number of nitrogens with one attached hydrogen (secondary N) is 1. The molecule has 0 fully saturated rings. The van der Waals surface area contributed by atoms with Crippen molar-refractivity contribution in [3.63, 3.8) is 0 Å². The summed E-state index contributed by atoms with van der Waals surface area (Å²) in [6.07, 6.45) is 2.47. The van der Waals surface area contributed by atoms with E-state index in [0.717, 1.165) is 10.5 Å². The number of pyridine rings is 1. The highest BCUT2D eigenvalue weighted by molar-refractivity contribution is 7.89. The summed E-state index contributed by atoms with van der Waals surface area (Å²) in [7, 11) is -2.54. The number of nitrogens with two attached hydrogens (primary N) is 1. The first-order valence-corrected chi connectivity index (χ1v) is 9.05. The van der Waals surface area contributed by atoms with Crippen LogP contribution in [0.4, 0.5) is 4.39 Å². The van der Waals surface area contributed by atoms with Crippen molar-refractivity contribution in [2.75, 3.05) is 12.8 Å². The van der Waals surface area contributed by atoms with Crippen LogP contribution in [0.25, 0.3) is 5.70 Å². The molecule has 0 saturated heterocycles. The fourth-order valence-corrected chi connectivity index (χ4v) is 3.53. The Morgan fingerprint density at radius 3 is 2.69 bits per heavy atom. The Hall–Kier alpha value is -2.72. The number of aliphatic imine (C=N–C) groups is 1. The van der Waals surface area contributed by atoms with Crippen LogP contribution in [0.1, 0.15) is 12.6 Å². The Kier molecular flexibility index (Phi) is 5.19. The van der Waals surface area contributed by atoms with Crippen molar-refractivity contribution in [1.29, 1.82) is 0 Å². The predicted octanol–water partition coefficient (Wildman–Crippen LogP) is 0.520. The third kappa shape index (κ3) is 4.09. The van der Waals surface area contributed by atoms with Gasteiger partial charge in [0, 0.05) is 12.7 Å². The minimum absolute atomic E-state index is 0.217. The molecule has 1 aromatic heterocycles. The average molecular weight is 381 g/mol. The zero-order valence-electron chi connectivity index (χ0n) is 14.4. The summed E-state index contributed by atoms with van der Waals surface area (Å²) in [6, 6.07) is 2.68. The van der Waals surface area contributed by atoms with Gasteiger partial charge < -0.3 is 16.2 Å². The van der Waals surface area contributed by atoms with Crippen LogP contribution in [0.5, 0.6) is 0 Å². The van der Waals surface area contributed by atoms with Crippen molar-refractivity contribution in [2.24, 2.45) is 10.7 Å². The molecule has 0 unspecified atom stereocenters. The number of nitrogens with zero attached hydrogens (tertiary/aromatic N) is 3. The largest absolute Gasteiger partial charge is 0.369 e. The van der Waals surface area contributed by atoms with Gasteiger partial charge in [-0.1, -0.05) is 13.2 Å². The number of hydrogen-bond acceptors (Lipinski definition) is 7. The van der Waals surface area contributed by atoms with E-state index in [2.05, 4.69) is 28.5 Å². The number of aliphatic hydroxyl groups is 1. The number of hydrogen-bond donors (Lipinski definition) is 3. The molecular formula is C16H20FN5O3S. The van der Waals surface area contributed by atoms with Crippen LogP contribution in [-0.2, 0) is 10.0 Å². The Bertz CT molecular complexity index is 908. The first-order valence-electron chi connectivity index (χ1n) is 7.44. The second-order valence-corrected chi connectivity index (χ2v) is 7.83. The van der Waals surface area contributed by atoms with Crippen LogP contribution in [0.2, 0.25) is 0 Å². The number of aromatic nitrogens is 1. The molecular weight excluding hydrogens is 361 g/mol. The topological polar surface area (TPSA) is 121 Å². The molecule has 8 nitrogen and oxygen atoms in total. The van der Waals surface area contributed by atoms with E-state index in [-0.39, 0.29) is 11.5 Å². The van der Waals surface area contributed by atoms with Crippen LogP contribution in [0.15, 0.2) is 53.8 Å². The van der Waals surface area contributed by atoms with Gasteiger partial charge in [0.2, 0.25) is 16.0 Å². The van der Waals surface area contributed by atoms with Gasteiger partial charge in [0.25, 0.3) is 0 Å². The molecule has 2 heterocycles. The standard InChI is InChI=1S/C16H20FN5O3S/c1-10(16(23)9-26(24,25)22(4)15(18)21-16)7-11(2)20-12(3)14-6-5-13(17)8-19-14/h5-8,20,23H,2-3,9H2,1,4H3,(H2,18,21)/b10-7+/t16-/m1/s1. The molecule has 26 heavy (non-hydrogen) atoms. The zero-order chi connectivity index (χ0) is 19.7. The lowest BCUT2D eigenvalue weighted by molar-refractivity contribution is 0.107. The minimum atomic E-state index is -3.80. The number of allylic oxidation sites excluding steroid dienone is 1. The number of halogens is 1. The van der Waals surface area contributed by atoms with E-state index < -0.39 is 27.3 Å². The van der Waals surface area contributed by atoms with Gasteiger partial charge >= 0.3 is 0 Å². The van der Waals surface area contributed by atoms with E-state index >= 15 is 0 Å². The van der Waals surface area contributed by atoms with Gasteiger partial charge in [-0.05, 0) is 30.7 Å².